The number of piperidine rings is 1. The summed E-state index contributed by atoms with van der Waals surface area (Å²) in [6.07, 6.45) is 3.95. The molecule has 0 radical (unpaired) electrons. The van der Waals surface area contributed by atoms with E-state index < -0.39 is 0 Å². The first kappa shape index (κ1) is 22.9. The molecule has 1 fully saturated rings. The molecule has 0 spiro atoms. The lowest BCUT2D eigenvalue weighted by Gasteiger charge is -2.26. The van der Waals surface area contributed by atoms with Gasteiger partial charge in [-0.2, -0.15) is 0 Å². The van der Waals surface area contributed by atoms with E-state index in [4.69, 9.17) is 11.6 Å². The molecule has 3 nitrogen and oxygen atoms in total. The smallest absolute Gasteiger partial charge is 0.251 e. The molecule has 1 heterocycles. The Morgan fingerprint density at radius 2 is 1.59 bits per heavy atom. The highest BCUT2D eigenvalue weighted by molar-refractivity contribution is 7.98. The van der Waals surface area contributed by atoms with E-state index in [2.05, 4.69) is 34.5 Å². The van der Waals surface area contributed by atoms with Gasteiger partial charge >= 0.3 is 0 Å². The fraction of sp³-hybridized carbons (Fsp3) is 0.296. The maximum Gasteiger partial charge on any atom is 0.251 e. The number of amides is 1. The van der Waals surface area contributed by atoms with E-state index >= 15 is 0 Å². The number of nitrogens with zero attached hydrogens (tertiary/aromatic N) is 1. The Bertz CT molecular complexity index is 1010. The third-order valence-electron chi connectivity index (χ3n) is 5.73. The number of halogens is 1. The Labute approximate surface area is 200 Å². The van der Waals surface area contributed by atoms with E-state index in [1.165, 1.54) is 48.4 Å². The molecule has 0 aromatic heterocycles. The first-order valence-corrected chi connectivity index (χ1v) is 12.6. The summed E-state index contributed by atoms with van der Waals surface area (Å²) in [6, 6.07) is 24.3. The molecule has 1 amide bonds. The SMILES string of the molecule is O=C(NCc1cccc(CN2CCCCC2)c1)c1ccc(CSc2ccc(Cl)cc2)cc1. The lowest BCUT2D eigenvalue weighted by Crippen LogP contribution is -2.29. The van der Waals surface area contributed by atoms with Gasteiger partial charge in [-0.1, -0.05) is 54.4 Å². The Hall–Kier alpha value is -2.27. The number of rotatable bonds is 8. The molecule has 0 bridgehead atoms. The molecule has 0 atom stereocenters. The van der Waals surface area contributed by atoms with Crippen LogP contribution in [0.1, 0.15) is 46.3 Å². The Kier molecular flexibility index (Phi) is 8.27. The Morgan fingerprint density at radius 1 is 0.875 bits per heavy atom. The van der Waals surface area contributed by atoms with Gasteiger partial charge in [0.2, 0.25) is 0 Å². The van der Waals surface area contributed by atoms with Crippen molar-refractivity contribution >= 4 is 29.3 Å². The minimum absolute atomic E-state index is 0.0386. The predicted octanol–water partition coefficient (Wildman–Crippen LogP) is 6.55. The summed E-state index contributed by atoms with van der Waals surface area (Å²) in [5.41, 5.74) is 4.34. The van der Waals surface area contributed by atoms with Crippen LogP contribution in [0.5, 0.6) is 0 Å². The summed E-state index contributed by atoms with van der Waals surface area (Å²) in [5, 5.41) is 3.81. The van der Waals surface area contributed by atoms with Crippen molar-refractivity contribution in [3.63, 3.8) is 0 Å². The molecule has 32 heavy (non-hydrogen) atoms. The average molecular weight is 465 g/mol. The first-order chi connectivity index (χ1) is 15.7. The molecule has 0 saturated carbocycles. The topological polar surface area (TPSA) is 32.3 Å². The van der Waals surface area contributed by atoms with Crippen LogP contribution in [0.4, 0.5) is 0 Å². The van der Waals surface area contributed by atoms with Crippen molar-refractivity contribution in [3.8, 4) is 0 Å². The lowest BCUT2D eigenvalue weighted by molar-refractivity contribution is 0.0951. The van der Waals surface area contributed by atoms with Gasteiger partial charge in [0, 0.05) is 34.3 Å². The van der Waals surface area contributed by atoms with Gasteiger partial charge in [-0.25, -0.2) is 0 Å². The zero-order chi connectivity index (χ0) is 22.2. The zero-order valence-corrected chi connectivity index (χ0v) is 19.8. The van der Waals surface area contributed by atoms with Crippen LogP contribution < -0.4 is 5.32 Å². The largest absolute Gasteiger partial charge is 0.348 e. The van der Waals surface area contributed by atoms with Crippen LogP contribution in [0.15, 0.2) is 77.7 Å². The van der Waals surface area contributed by atoms with Crippen LogP contribution in [0.3, 0.4) is 0 Å². The van der Waals surface area contributed by atoms with Crippen molar-refractivity contribution < 1.29 is 4.79 Å². The molecular weight excluding hydrogens is 436 g/mol. The second-order valence-electron chi connectivity index (χ2n) is 8.28. The van der Waals surface area contributed by atoms with E-state index in [9.17, 15) is 4.79 Å². The van der Waals surface area contributed by atoms with Crippen LogP contribution in [0, 0.1) is 0 Å². The summed E-state index contributed by atoms with van der Waals surface area (Å²) < 4.78 is 0. The van der Waals surface area contributed by atoms with Gasteiger partial charge in [-0.05, 0) is 79.0 Å². The number of benzene rings is 3. The van der Waals surface area contributed by atoms with Gasteiger partial charge in [0.1, 0.15) is 0 Å². The molecule has 5 heteroatoms. The number of carbonyl (C=O) groups excluding carboxylic acids is 1. The quantitative estimate of drug-likeness (QED) is 0.384. The van der Waals surface area contributed by atoms with Gasteiger partial charge in [-0.15, -0.1) is 11.8 Å². The predicted molar refractivity (Wildman–Crippen MR) is 134 cm³/mol. The normalized spacial score (nSPS) is 14.3. The molecule has 0 unspecified atom stereocenters. The fourth-order valence-electron chi connectivity index (χ4n) is 3.95. The van der Waals surface area contributed by atoms with E-state index in [-0.39, 0.29) is 5.91 Å². The summed E-state index contributed by atoms with van der Waals surface area (Å²) in [5.74, 6) is 0.816. The van der Waals surface area contributed by atoms with Crippen LogP contribution in [0.25, 0.3) is 0 Å². The van der Waals surface area contributed by atoms with E-state index in [0.717, 1.165) is 22.9 Å². The molecule has 4 rings (SSSR count). The Balaban J connectivity index is 1.26. The standard InChI is InChI=1S/C27H29ClN2OS/c28-25-11-13-26(14-12-25)32-20-21-7-9-24(10-8-21)27(31)29-18-22-5-4-6-23(17-22)19-30-15-2-1-3-16-30/h4-14,17H,1-3,15-16,18-20H2,(H,29,31). The highest BCUT2D eigenvalue weighted by Gasteiger charge is 2.11. The minimum Gasteiger partial charge on any atom is -0.348 e. The Morgan fingerprint density at radius 3 is 2.34 bits per heavy atom. The first-order valence-electron chi connectivity index (χ1n) is 11.2. The van der Waals surface area contributed by atoms with Gasteiger partial charge < -0.3 is 5.32 Å². The van der Waals surface area contributed by atoms with Crippen molar-refractivity contribution in [2.75, 3.05) is 13.1 Å². The van der Waals surface area contributed by atoms with Gasteiger partial charge in [-0.3, -0.25) is 9.69 Å². The zero-order valence-electron chi connectivity index (χ0n) is 18.2. The molecule has 3 aromatic rings. The van der Waals surface area contributed by atoms with E-state index in [1.54, 1.807) is 11.8 Å². The molecule has 166 valence electrons. The highest BCUT2D eigenvalue weighted by atomic mass is 35.5. The van der Waals surface area contributed by atoms with E-state index in [0.29, 0.717) is 12.1 Å². The molecule has 1 saturated heterocycles. The minimum atomic E-state index is -0.0386. The number of thioether (sulfide) groups is 1. The number of hydrogen-bond acceptors (Lipinski definition) is 3. The van der Waals surface area contributed by atoms with Gasteiger partial charge in [0.25, 0.3) is 5.91 Å². The monoisotopic (exact) mass is 464 g/mol. The third-order valence-corrected chi connectivity index (χ3v) is 7.07. The van der Waals surface area contributed by atoms with E-state index in [1.807, 2.05) is 48.5 Å². The summed E-state index contributed by atoms with van der Waals surface area (Å²) in [7, 11) is 0. The third kappa shape index (κ3) is 6.86. The lowest BCUT2D eigenvalue weighted by atomic mass is 10.1. The molecular formula is C27H29ClN2OS. The average Bonchev–Trinajstić information content (AvgIpc) is 2.83. The maximum absolute atomic E-state index is 12.6. The van der Waals surface area contributed by atoms with Crippen LogP contribution in [0.2, 0.25) is 5.02 Å². The number of nitrogens with one attached hydrogen (secondary N) is 1. The maximum atomic E-state index is 12.6. The highest BCUT2D eigenvalue weighted by Crippen LogP contribution is 2.24. The second-order valence-corrected chi connectivity index (χ2v) is 9.76. The fourth-order valence-corrected chi connectivity index (χ4v) is 4.93. The number of carbonyl (C=O) groups is 1. The van der Waals surface area contributed by atoms with Crippen molar-refractivity contribution in [1.82, 2.24) is 10.2 Å². The molecule has 1 N–H and O–H groups in total. The van der Waals surface area contributed by atoms with Gasteiger partial charge in [0.05, 0.1) is 0 Å². The van der Waals surface area contributed by atoms with Crippen LogP contribution in [-0.4, -0.2) is 23.9 Å². The number of likely N-dealkylation sites (tertiary alicyclic amines) is 1. The summed E-state index contributed by atoms with van der Waals surface area (Å²) in [4.78, 5) is 16.3. The summed E-state index contributed by atoms with van der Waals surface area (Å²) >= 11 is 7.69. The molecule has 3 aromatic carbocycles. The van der Waals surface area contributed by atoms with Crippen molar-refractivity contribution in [3.05, 3.63) is 100 Å². The molecule has 1 aliphatic rings. The molecule has 0 aliphatic carbocycles. The van der Waals surface area contributed by atoms with Crippen molar-refractivity contribution in [2.24, 2.45) is 0 Å². The van der Waals surface area contributed by atoms with Crippen molar-refractivity contribution in [2.45, 2.75) is 43.0 Å². The van der Waals surface area contributed by atoms with Crippen LogP contribution >= 0.6 is 23.4 Å². The van der Waals surface area contributed by atoms with Crippen molar-refractivity contribution in [1.29, 1.82) is 0 Å². The molecule has 1 aliphatic heterocycles. The summed E-state index contributed by atoms with van der Waals surface area (Å²) in [6.45, 7) is 3.92. The second kappa shape index (κ2) is 11.6. The van der Waals surface area contributed by atoms with Crippen LogP contribution in [-0.2, 0) is 18.8 Å². The number of hydrogen-bond donors (Lipinski definition) is 1. The van der Waals surface area contributed by atoms with Gasteiger partial charge in [0.15, 0.2) is 0 Å².